The lowest BCUT2D eigenvalue weighted by Crippen LogP contribution is -2.15. The van der Waals surface area contributed by atoms with Gasteiger partial charge in [0.15, 0.2) is 0 Å². The number of hydrogen-bond donors (Lipinski definition) is 2. The molecule has 102 valence electrons. The van der Waals surface area contributed by atoms with E-state index in [1.165, 1.54) is 5.56 Å². The minimum absolute atomic E-state index is 0.519. The Hall–Kier alpha value is -1.22. The third kappa shape index (κ3) is 4.22. The van der Waals surface area contributed by atoms with Crippen molar-refractivity contribution in [3.63, 3.8) is 0 Å². The van der Waals surface area contributed by atoms with Gasteiger partial charge in [0, 0.05) is 6.54 Å². The number of rotatable bonds is 7. The summed E-state index contributed by atoms with van der Waals surface area (Å²) >= 11 is 0. The molecule has 0 aliphatic carbocycles. The molecule has 1 aromatic rings. The topological polar surface area (TPSA) is 47.3 Å². The Morgan fingerprint density at radius 1 is 1.28 bits per heavy atom. The summed E-state index contributed by atoms with van der Waals surface area (Å²) in [7, 11) is 1.72. The summed E-state index contributed by atoms with van der Waals surface area (Å²) in [5.41, 5.74) is 7.97. The summed E-state index contributed by atoms with van der Waals surface area (Å²) < 4.78 is 5.43. The van der Waals surface area contributed by atoms with Crippen LogP contribution in [0.15, 0.2) is 18.2 Å². The van der Waals surface area contributed by atoms with Crippen molar-refractivity contribution in [2.45, 2.75) is 33.1 Å². The van der Waals surface area contributed by atoms with E-state index in [0.717, 1.165) is 30.9 Å². The molecule has 0 heterocycles. The smallest absolute Gasteiger partial charge is 0.142 e. The van der Waals surface area contributed by atoms with Gasteiger partial charge < -0.3 is 15.8 Å². The zero-order valence-electron chi connectivity index (χ0n) is 12.0. The first kappa shape index (κ1) is 14.8. The third-order valence-corrected chi connectivity index (χ3v) is 3.25. The van der Waals surface area contributed by atoms with Gasteiger partial charge in [0.05, 0.1) is 12.8 Å². The van der Waals surface area contributed by atoms with E-state index in [1.54, 1.807) is 7.11 Å². The molecule has 0 saturated heterocycles. The van der Waals surface area contributed by atoms with Crippen molar-refractivity contribution in [1.29, 1.82) is 0 Å². The second kappa shape index (κ2) is 7.27. The molecular weight excluding hydrogens is 224 g/mol. The first-order valence-corrected chi connectivity index (χ1v) is 6.70. The molecule has 3 heteroatoms. The first-order chi connectivity index (χ1) is 8.58. The zero-order valence-corrected chi connectivity index (χ0v) is 12.0. The predicted molar refractivity (Wildman–Crippen MR) is 78.4 cm³/mol. The van der Waals surface area contributed by atoms with Crippen molar-refractivity contribution in [3.8, 4) is 5.75 Å². The molecule has 0 aliphatic rings. The van der Waals surface area contributed by atoms with Gasteiger partial charge in [0.25, 0.3) is 0 Å². The van der Waals surface area contributed by atoms with Gasteiger partial charge in [0.2, 0.25) is 0 Å². The molecule has 1 rings (SSSR count). The molecule has 1 unspecified atom stereocenters. The molecule has 3 nitrogen and oxygen atoms in total. The van der Waals surface area contributed by atoms with Crippen molar-refractivity contribution in [2.75, 3.05) is 25.5 Å². The molecule has 18 heavy (non-hydrogen) atoms. The van der Waals surface area contributed by atoms with Gasteiger partial charge in [-0.25, -0.2) is 0 Å². The van der Waals surface area contributed by atoms with Crippen LogP contribution in [0.1, 0.15) is 38.7 Å². The van der Waals surface area contributed by atoms with Crippen LogP contribution in [-0.4, -0.2) is 20.2 Å². The van der Waals surface area contributed by atoms with Crippen LogP contribution in [0.3, 0.4) is 0 Å². The van der Waals surface area contributed by atoms with E-state index >= 15 is 0 Å². The predicted octanol–water partition coefficient (Wildman–Crippen LogP) is 3.22. The van der Waals surface area contributed by atoms with Crippen LogP contribution >= 0.6 is 0 Å². The highest BCUT2D eigenvalue weighted by molar-refractivity contribution is 5.58. The second-order valence-corrected chi connectivity index (χ2v) is 5.17. The number of ether oxygens (including phenoxy) is 1. The summed E-state index contributed by atoms with van der Waals surface area (Å²) in [6, 6.07) is 6.36. The normalized spacial score (nSPS) is 12.6. The highest BCUT2D eigenvalue weighted by atomic mass is 16.5. The second-order valence-electron chi connectivity index (χ2n) is 5.17. The fraction of sp³-hybridized carbons (Fsp3) is 0.600. The Morgan fingerprint density at radius 3 is 2.56 bits per heavy atom. The number of nitrogens with one attached hydrogen (secondary N) is 1. The van der Waals surface area contributed by atoms with Gasteiger partial charge in [-0.3, -0.25) is 0 Å². The van der Waals surface area contributed by atoms with Crippen molar-refractivity contribution in [3.05, 3.63) is 23.8 Å². The monoisotopic (exact) mass is 250 g/mol. The van der Waals surface area contributed by atoms with E-state index in [1.807, 2.05) is 0 Å². The molecule has 0 bridgehead atoms. The molecule has 3 N–H and O–H groups in total. The standard InChI is InChI=1S/C15H26N2O/c1-11(2)13-5-6-14(15(9-13)18-4)17-8-7-12(3)10-16/h5-6,9,11-12,17H,7-8,10,16H2,1-4H3. The largest absolute Gasteiger partial charge is 0.495 e. The minimum Gasteiger partial charge on any atom is -0.495 e. The van der Waals surface area contributed by atoms with Gasteiger partial charge in [-0.15, -0.1) is 0 Å². The molecule has 1 atom stereocenters. The van der Waals surface area contributed by atoms with Crippen LogP contribution in [0.2, 0.25) is 0 Å². The van der Waals surface area contributed by atoms with Gasteiger partial charge in [-0.2, -0.15) is 0 Å². The number of anilines is 1. The van der Waals surface area contributed by atoms with Gasteiger partial charge in [-0.05, 0) is 42.5 Å². The zero-order chi connectivity index (χ0) is 13.5. The number of methoxy groups -OCH3 is 1. The Labute approximate surface area is 111 Å². The lowest BCUT2D eigenvalue weighted by atomic mass is 10.0. The van der Waals surface area contributed by atoms with Crippen molar-refractivity contribution in [2.24, 2.45) is 11.7 Å². The maximum absolute atomic E-state index is 5.61. The summed E-state index contributed by atoms with van der Waals surface area (Å²) in [5, 5.41) is 3.41. The maximum atomic E-state index is 5.61. The van der Waals surface area contributed by atoms with Crippen molar-refractivity contribution >= 4 is 5.69 Å². The van der Waals surface area contributed by atoms with E-state index in [-0.39, 0.29) is 0 Å². The Kier molecular flexibility index (Phi) is 5.99. The number of benzene rings is 1. The van der Waals surface area contributed by atoms with Crippen molar-refractivity contribution in [1.82, 2.24) is 0 Å². The minimum atomic E-state index is 0.519. The Bertz CT molecular complexity index is 364. The van der Waals surface area contributed by atoms with Crippen LogP contribution in [-0.2, 0) is 0 Å². The first-order valence-electron chi connectivity index (χ1n) is 6.70. The highest BCUT2D eigenvalue weighted by Gasteiger charge is 2.07. The molecular formula is C15H26N2O. The third-order valence-electron chi connectivity index (χ3n) is 3.25. The van der Waals surface area contributed by atoms with E-state index in [9.17, 15) is 0 Å². The SMILES string of the molecule is COc1cc(C(C)C)ccc1NCCC(C)CN. The quantitative estimate of drug-likeness (QED) is 0.781. The fourth-order valence-electron chi connectivity index (χ4n) is 1.78. The molecule has 0 aromatic heterocycles. The van der Waals surface area contributed by atoms with Gasteiger partial charge >= 0.3 is 0 Å². The summed E-state index contributed by atoms with van der Waals surface area (Å²) in [5.74, 6) is 1.99. The van der Waals surface area contributed by atoms with E-state index in [2.05, 4.69) is 44.3 Å². The van der Waals surface area contributed by atoms with Gasteiger partial charge in [0.1, 0.15) is 5.75 Å². The molecule has 0 saturated carbocycles. The Balaban J connectivity index is 2.65. The van der Waals surface area contributed by atoms with Crippen LogP contribution < -0.4 is 15.8 Å². The Morgan fingerprint density at radius 2 is 2.00 bits per heavy atom. The molecule has 0 radical (unpaired) electrons. The lowest BCUT2D eigenvalue weighted by Gasteiger charge is -2.15. The van der Waals surface area contributed by atoms with Gasteiger partial charge in [-0.1, -0.05) is 26.8 Å². The average molecular weight is 250 g/mol. The molecule has 0 amide bonds. The number of hydrogen-bond acceptors (Lipinski definition) is 3. The molecule has 0 fully saturated rings. The van der Waals surface area contributed by atoms with E-state index in [0.29, 0.717) is 11.8 Å². The number of nitrogens with two attached hydrogens (primary N) is 1. The average Bonchev–Trinajstić information content (AvgIpc) is 2.38. The van der Waals surface area contributed by atoms with Crippen LogP contribution in [0.5, 0.6) is 5.75 Å². The summed E-state index contributed by atoms with van der Waals surface area (Å²) in [4.78, 5) is 0. The van der Waals surface area contributed by atoms with Crippen LogP contribution in [0.4, 0.5) is 5.69 Å². The highest BCUT2D eigenvalue weighted by Crippen LogP contribution is 2.28. The summed E-state index contributed by atoms with van der Waals surface area (Å²) in [6.07, 6.45) is 1.07. The van der Waals surface area contributed by atoms with Crippen LogP contribution in [0.25, 0.3) is 0 Å². The van der Waals surface area contributed by atoms with E-state index in [4.69, 9.17) is 10.5 Å². The summed E-state index contributed by atoms with van der Waals surface area (Å²) in [6.45, 7) is 8.21. The fourth-order valence-corrected chi connectivity index (χ4v) is 1.78. The maximum Gasteiger partial charge on any atom is 0.142 e. The van der Waals surface area contributed by atoms with E-state index < -0.39 is 0 Å². The van der Waals surface area contributed by atoms with Crippen LogP contribution in [0, 0.1) is 5.92 Å². The molecule has 1 aromatic carbocycles. The molecule has 0 spiro atoms. The molecule has 0 aliphatic heterocycles. The van der Waals surface area contributed by atoms with Crippen molar-refractivity contribution < 1.29 is 4.74 Å². The lowest BCUT2D eigenvalue weighted by molar-refractivity contribution is 0.415.